The molecule has 0 aliphatic heterocycles. The number of carbonyl (C=O) groups excluding carboxylic acids is 1. The minimum atomic E-state index is -4.68. The van der Waals surface area contributed by atoms with Crippen molar-refractivity contribution in [3.05, 3.63) is 58.1 Å². The Balaban J connectivity index is 0.000000309. The molecule has 0 aromatic heterocycles. The first-order valence-corrected chi connectivity index (χ1v) is 8.41. The van der Waals surface area contributed by atoms with Crippen molar-refractivity contribution in [3.8, 4) is 11.8 Å². The molecule has 2 rings (SSSR count). The first-order chi connectivity index (χ1) is 12.7. The lowest BCUT2D eigenvalue weighted by Crippen LogP contribution is -2.16. The van der Waals surface area contributed by atoms with E-state index in [1.54, 1.807) is 0 Å². The van der Waals surface area contributed by atoms with E-state index < -0.39 is 29.8 Å². The van der Waals surface area contributed by atoms with Gasteiger partial charge in [0, 0.05) is 10.2 Å². The van der Waals surface area contributed by atoms with Crippen molar-refractivity contribution in [1.29, 1.82) is 5.26 Å². The standard InChI is InChI=1S/C10H7F3N2O2.C8H9BrO/c11-10(12,13)8-3-7(15-9(17)5-16)2-1-6(8)4-14;1-2-10-8-5-3-7(9)4-6-8/h1-3,16H,5H2,(H,15,17);3-6H,2H2,1H3. The predicted molar refractivity (Wildman–Crippen MR) is 97.2 cm³/mol. The molecule has 0 aliphatic rings. The summed E-state index contributed by atoms with van der Waals surface area (Å²) in [5, 5.41) is 19.0. The van der Waals surface area contributed by atoms with Gasteiger partial charge >= 0.3 is 6.18 Å². The summed E-state index contributed by atoms with van der Waals surface area (Å²) in [4.78, 5) is 10.8. The van der Waals surface area contributed by atoms with Crippen molar-refractivity contribution < 1.29 is 27.8 Å². The number of nitriles is 1. The molecule has 0 heterocycles. The minimum Gasteiger partial charge on any atom is -0.494 e. The van der Waals surface area contributed by atoms with Gasteiger partial charge in [0.15, 0.2) is 0 Å². The normalized spacial score (nSPS) is 10.3. The highest BCUT2D eigenvalue weighted by atomic mass is 79.9. The van der Waals surface area contributed by atoms with Crippen LogP contribution < -0.4 is 10.1 Å². The minimum absolute atomic E-state index is 0.129. The number of halogens is 4. The van der Waals surface area contributed by atoms with E-state index in [-0.39, 0.29) is 5.69 Å². The second-order valence-corrected chi connectivity index (χ2v) is 5.88. The molecule has 0 bridgehead atoms. The van der Waals surface area contributed by atoms with E-state index in [1.807, 2.05) is 31.2 Å². The molecule has 0 aliphatic carbocycles. The number of ether oxygens (including phenoxy) is 1. The first kappa shape index (κ1) is 22.5. The Kier molecular flexibility index (Phi) is 8.78. The van der Waals surface area contributed by atoms with Crippen LogP contribution in [0.2, 0.25) is 0 Å². The van der Waals surface area contributed by atoms with Gasteiger partial charge in [0.05, 0.1) is 23.8 Å². The maximum absolute atomic E-state index is 12.5. The Labute approximate surface area is 162 Å². The summed E-state index contributed by atoms with van der Waals surface area (Å²) in [5.41, 5.74) is -1.79. The number of rotatable bonds is 4. The van der Waals surface area contributed by atoms with Crippen molar-refractivity contribution in [2.45, 2.75) is 13.1 Å². The largest absolute Gasteiger partial charge is 0.494 e. The fourth-order valence-electron chi connectivity index (χ4n) is 1.85. The molecule has 0 spiro atoms. The number of hydrogen-bond donors (Lipinski definition) is 2. The molecule has 0 unspecified atom stereocenters. The highest BCUT2D eigenvalue weighted by Gasteiger charge is 2.33. The van der Waals surface area contributed by atoms with Gasteiger partial charge < -0.3 is 15.2 Å². The summed E-state index contributed by atoms with van der Waals surface area (Å²) in [6, 6.07) is 12.0. The summed E-state index contributed by atoms with van der Waals surface area (Å²) < 4.78 is 43.9. The summed E-state index contributed by atoms with van der Waals surface area (Å²) in [6.45, 7) is 1.87. The fraction of sp³-hybridized carbons (Fsp3) is 0.222. The number of aliphatic hydroxyl groups excluding tert-OH is 1. The van der Waals surface area contributed by atoms with Crippen molar-refractivity contribution in [1.82, 2.24) is 0 Å². The summed E-state index contributed by atoms with van der Waals surface area (Å²) in [6.07, 6.45) is -4.68. The van der Waals surface area contributed by atoms with E-state index in [0.29, 0.717) is 6.07 Å². The van der Waals surface area contributed by atoms with Crippen LogP contribution in [0.3, 0.4) is 0 Å². The molecule has 5 nitrogen and oxygen atoms in total. The Bertz CT molecular complexity index is 803. The van der Waals surface area contributed by atoms with Crippen LogP contribution in [-0.2, 0) is 11.0 Å². The van der Waals surface area contributed by atoms with Gasteiger partial charge in [0.25, 0.3) is 0 Å². The number of anilines is 1. The monoisotopic (exact) mass is 444 g/mol. The van der Waals surface area contributed by atoms with Gasteiger partial charge in [-0.3, -0.25) is 4.79 Å². The number of aliphatic hydroxyl groups is 1. The zero-order chi connectivity index (χ0) is 20.4. The fourth-order valence-corrected chi connectivity index (χ4v) is 2.12. The number of hydrogen-bond acceptors (Lipinski definition) is 4. The van der Waals surface area contributed by atoms with E-state index in [2.05, 4.69) is 21.2 Å². The third kappa shape index (κ3) is 7.68. The van der Waals surface area contributed by atoms with E-state index in [1.165, 1.54) is 6.07 Å². The van der Waals surface area contributed by atoms with Gasteiger partial charge in [-0.1, -0.05) is 15.9 Å². The van der Waals surface area contributed by atoms with Gasteiger partial charge in [-0.15, -0.1) is 0 Å². The Morgan fingerprint density at radius 3 is 2.37 bits per heavy atom. The molecule has 27 heavy (non-hydrogen) atoms. The highest BCUT2D eigenvalue weighted by Crippen LogP contribution is 2.33. The van der Waals surface area contributed by atoms with Crippen LogP contribution in [0, 0.1) is 11.3 Å². The van der Waals surface area contributed by atoms with Crippen LogP contribution in [0.25, 0.3) is 0 Å². The van der Waals surface area contributed by atoms with E-state index >= 15 is 0 Å². The number of nitrogens with one attached hydrogen (secondary N) is 1. The second-order valence-electron chi connectivity index (χ2n) is 4.96. The first-order valence-electron chi connectivity index (χ1n) is 7.61. The predicted octanol–water partition coefficient (Wildman–Crippen LogP) is 4.36. The average molecular weight is 445 g/mol. The average Bonchev–Trinajstić information content (AvgIpc) is 2.63. The third-order valence-corrected chi connectivity index (χ3v) is 3.53. The Morgan fingerprint density at radius 2 is 1.89 bits per heavy atom. The van der Waals surface area contributed by atoms with Gasteiger partial charge in [0.1, 0.15) is 12.4 Å². The molecule has 0 saturated heterocycles. The molecular weight excluding hydrogens is 429 g/mol. The molecule has 2 aromatic carbocycles. The quantitative estimate of drug-likeness (QED) is 0.733. The van der Waals surface area contributed by atoms with E-state index in [0.717, 1.165) is 29.0 Å². The summed E-state index contributed by atoms with van der Waals surface area (Å²) >= 11 is 3.34. The molecule has 0 saturated carbocycles. The van der Waals surface area contributed by atoms with Crippen LogP contribution in [0.5, 0.6) is 5.75 Å². The number of benzene rings is 2. The number of nitrogens with zero attached hydrogens (tertiary/aromatic N) is 1. The maximum Gasteiger partial charge on any atom is 0.417 e. The molecule has 144 valence electrons. The topological polar surface area (TPSA) is 82.3 Å². The zero-order valence-electron chi connectivity index (χ0n) is 14.2. The summed E-state index contributed by atoms with van der Waals surface area (Å²) in [5.74, 6) is 0.0912. The van der Waals surface area contributed by atoms with Crippen LogP contribution >= 0.6 is 15.9 Å². The van der Waals surface area contributed by atoms with Crippen LogP contribution in [0.1, 0.15) is 18.1 Å². The third-order valence-electron chi connectivity index (χ3n) is 3.00. The molecule has 2 N–H and O–H groups in total. The van der Waals surface area contributed by atoms with Crippen molar-refractivity contribution in [2.24, 2.45) is 0 Å². The molecule has 0 radical (unpaired) electrons. The highest BCUT2D eigenvalue weighted by molar-refractivity contribution is 9.10. The van der Waals surface area contributed by atoms with Gasteiger partial charge in [-0.2, -0.15) is 18.4 Å². The zero-order valence-corrected chi connectivity index (χ0v) is 15.8. The van der Waals surface area contributed by atoms with Crippen LogP contribution in [0.4, 0.5) is 18.9 Å². The number of amides is 1. The van der Waals surface area contributed by atoms with Crippen LogP contribution in [0.15, 0.2) is 46.9 Å². The maximum atomic E-state index is 12.5. The van der Waals surface area contributed by atoms with Gasteiger partial charge in [-0.25, -0.2) is 0 Å². The van der Waals surface area contributed by atoms with Gasteiger partial charge in [0.2, 0.25) is 5.91 Å². The SMILES string of the molecule is CCOc1ccc(Br)cc1.N#Cc1ccc(NC(=O)CO)cc1C(F)(F)F. The van der Waals surface area contributed by atoms with Gasteiger partial charge in [-0.05, 0) is 49.4 Å². The molecular formula is C18H16BrF3N2O3. The lowest BCUT2D eigenvalue weighted by molar-refractivity contribution is -0.137. The summed E-state index contributed by atoms with van der Waals surface area (Å²) in [7, 11) is 0. The number of carbonyl (C=O) groups is 1. The van der Waals surface area contributed by atoms with E-state index in [9.17, 15) is 18.0 Å². The number of alkyl halides is 3. The molecule has 9 heteroatoms. The molecule has 0 atom stereocenters. The smallest absolute Gasteiger partial charge is 0.417 e. The lowest BCUT2D eigenvalue weighted by Gasteiger charge is -2.11. The van der Waals surface area contributed by atoms with Crippen molar-refractivity contribution in [3.63, 3.8) is 0 Å². The molecule has 2 aromatic rings. The molecule has 1 amide bonds. The second kappa shape index (κ2) is 10.5. The molecule has 0 fully saturated rings. The van der Waals surface area contributed by atoms with E-state index in [4.69, 9.17) is 15.1 Å². The lowest BCUT2D eigenvalue weighted by atomic mass is 10.1. The Morgan fingerprint density at radius 1 is 1.26 bits per heavy atom. The van der Waals surface area contributed by atoms with Crippen molar-refractivity contribution in [2.75, 3.05) is 18.5 Å². The van der Waals surface area contributed by atoms with Crippen LogP contribution in [-0.4, -0.2) is 24.2 Å². The van der Waals surface area contributed by atoms with Crippen molar-refractivity contribution >= 4 is 27.5 Å². The Hall–Kier alpha value is -2.57.